The van der Waals surface area contributed by atoms with Gasteiger partial charge in [-0.25, -0.2) is 17.1 Å². The van der Waals surface area contributed by atoms with Crippen molar-refractivity contribution in [2.24, 2.45) is 5.92 Å². The lowest BCUT2D eigenvalue weighted by Crippen LogP contribution is -2.44. The molecule has 162 valence electrons. The minimum absolute atomic E-state index is 0.0207. The predicted molar refractivity (Wildman–Crippen MR) is 116 cm³/mol. The van der Waals surface area contributed by atoms with Crippen molar-refractivity contribution >= 4 is 27.5 Å². The molecule has 0 aliphatic carbocycles. The summed E-state index contributed by atoms with van der Waals surface area (Å²) in [5.41, 5.74) is 1.03. The topological polar surface area (TPSA) is 66.5 Å². The van der Waals surface area contributed by atoms with Gasteiger partial charge in [0.15, 0.2) is 0 Å². The van der Waals surface area contributed by atoms with Gasteiger partial charge in [0.1, 0.15) is 5.82 Å². The second kappa shape index (κ2) is 9.90. The van der Waals surface area contributed by atoms with Crippen molar-refractivity contribution in [3.63, 3.8) is 0 Å². The first kappa shape index (κ1) is 22.7. The van der Waals surface area contributed by atoms with Crippen LogP contribution in [0.2, 0.25) is 5.02 Å². The number of benzene rings is 2. The number of sulfonamides is 1. The average molecular weight is 453 g/mol. The summed E-state index contributed by atoms with van der Waals surface area (Å²) in [6.07, 6.45) is 1.63. The minimum atomic E-state index is -3.72. The summed E-state index contributed by atoms with van der Waals surface area (Å²) in [5, 5.41) is 3.18. The van der Waals surface area contributed by atoms with Crippen LogP contribution in [0.4, 0.5) is 4.39 Å². The summed E-state index contributed by atoms with van der Waals surface area (Å²) in [7, 11) is -3.72. The van der Waals surface area contributed by atoms with E-state index in [4.69, 9.17) is 11.6 Å². The van der Waals surface area contributed by atoms with Crippen LogP contribution in [0.3, 0.4) is 0 Å². The third-order valence-corrected chi connectivity index (χ3v) is 7.69. The molecule has 0 aromatic heterocycles. The summed E-state index contributed by atoms with van der Waals surface area (Å²) in [4.78, 5) is 12.7. The van der Waals surface area contributed by atoms with Crippen LogP contribution in [0.5, 0.6) is 0 Å². The Kier molecular flexibility index (Phi) is 7.50. The number of nitrogens with zero attached hydrogens (tertiary/aromatic N) is 1. The lowest BCUT2D eigenvalue weighted by molar-refractivity contribution is -0.126. The lowest BCUT2D eigenvalue weighted by Gasteiger charge is -2.31. The molecule has 1 saturated heterocycles. The summed E-state index contributed by atoms with van der Waals surface area (Å²) in [5.74, 6) is -1.42. The van der Waals surface area contributed by atoms with E-state index in [1.165, 1.54) is 22.5 Å². The fourth-order valence-electron chi connectivity index (χ4n) is 3.74. The number of piperidine rings is 1. The Hall–Kier alpha value is -1.96. The summed E-state index contributed by atoms with van der Waals surface area (Å²) in [6.45, 7) is 2.48. The zero-order chi connectivity index (χ0) is 21.7. The molecule has 2 aromatic carbocycles. The van der Waals surface area contributed by atoms with Gasteiger partial charge in [0.25, 0.3) is 0 Å². The Balaban J connectivity index is 1.59. The van der Waals surface area contributed by atoms with E-state index in [1.807, 2.05) is 37.3 Å². The van der Waals surface area contributed by atoms with E-state index >= 15 is 0 Å². The maximum Gasteiger partial charge on any atom is 0.223 e. The van der Waals surface area contributed by atoms with Crippen molar-refractivity contribution in [3.05, 3.63) is 70.5 Å². The molecule has 1 aliphatic heterocycles. The first-order chi connectivity index (χ1) is 14.3. The molecule has 1 fully saturated rings. The third-order valence-electron chi connectivity index (χ3n) is 5.53. The molecule has 1 atom stereocenters. The minimum Gasteiger partial charge on any atom is -0.349 e. The quantitative estimate of drug-likeness (QED) is 0.681. The number of hydrogen-bond acceptors (Lipinski definition) is 3. The van der Waals surface area contributed by atoms with Crippen molar-refractivity contribution in [3.8, 4) is 0 Å². The molecule has 1 N–H and O–H groups in total. The normalized spacial score (nSPS) is 16.9. The summed E-state index contributed by atoms with van der Waals surface area (Å²) in [6, 6.07) is 13.8. The van der Waals surface area contributed by atoms with Gasteiger partial charge in [-0.2, -0.15) is 0 Å². The molecule has 30 heavy (non-hydrogen) atoms. The van der Waals surface area contributed by atoms with E-state index in [-0.39, 0.29) is 41.5 Å². The van der Waals surface area contributed by atoms with Gasteiger partial charge >= 0.3 is 0 Å². The summed E-state index contributed by atoms with van der Waals surface area (Å²) < 4.78 is 40.8. The number of carbonyl (C=O) groups is 1. The molecular formula is C22H26ClFN2O3S. The van der Waals surface area contributed by atoms with Crippen molar-refractivity contribution in [2.75, 3.05) is 13.1 Å². The first-order valence-electron chi connectivity index (χ1n) is 10.1. The van der Waals surface area contributed by atoms with Crippen LogP contribution >= 0.6 is 11.6 Å². The van der Waals surface area contributed by atoms with Gasteiger partial charge in [-0.1, -0.05) is 54.9 Å². The van der Waals surface area contributed by atoms with Crippen LogP contribution in [0.1, 0.15) is 43.4 Å². The van der Waals surface area contributed by atoms with E-state index < -0.39 is 21.6 Å². The Morgan fingerprint density at radius 3 is 2.43 bits per heavy atom. The molecule has 5 nitrogen and oxygen atoms in total. The zero-order valence-electron chi connectivity index (χ0n) is 16.9. The third kappa shape index (κ3) is 5.39. The van der Waals surface area contributed by atoms with Crippen LogP contribution < -0.4 is 5.32 Å². The monoisotopic (exact) mass is 452 g/mol. The van der Waals surface area contributed by atoms with E-state index in [9.17, 15) is 17.6 Å². The molecule has 1 heterocycles. The van der Waals surface area contributed by atoms with Gasteiger partial charge in [-0.15, -0.1) is 0 Å². The average Bonchev–Trinajstić information content (AvgIpc) is 2.75. The Labute approximate surface area is 182 Å². The van der Waals surface area contributed by atoms with Crippen molar-refractivity contribution in [1.29, 1.82) is 0 Å². The molecule has 0 radical (unpaired) electrons. The molecule has 0 spiro atoms. The number of carbonyl (C=O) groups excluding carboxylic acids is 1. The Bertz CT molecular complexity index is 957. The van der Waals surface area contributed by atoms with E-state index in [0.29, 0.717) is 12.8 Å². The van der Waals surface area contributed by atoms with Gasteiger partial charge < -0.3 is 5.32 Å². The number of hydrogen-bond donors (Lipinski definition) is 1. The van der Waals surface area contributed by atoms with Crippen LogP contribution in [-0.2, 0) is 20.6 Å². The lowest BCUT2D eigenvalue weighted by atomic mass is 9.96. The highest BCUT2D eigenvalue weighted by molar-refractivity contribution is 7.88. The highest BCUT2D eigenvalue weighted by Crippen LogP contribution is 2.26. The maximum atomic E-state index is 14.0. The molecule has 0 bridgehead atoms. The number of amides is 1. The molecular weight excluding hydrogens is 427 g/mol. The van der Waals surface area contributed by atoms with E-state index in [0.717, 1.165) is 12.0 Å². The molecule has 1 unspecified atom stereocenters. The highest BCUT2D eigenvalue weighted by Gasteiger charge is 2.32. The standard InChI is InChI=1S/C22H26ClFN2O3S/c1-2-21(16-7-4-3-5-8-16)25-22(27)17-11-13-26(14-12-17)30(28,29)15-18-19(23)9-6-10-20(18)24/h3-10,17,21H,2,11-15H2,1H3,(H,25,27). The van der Waals surface area contributed by atoms with E-state index in [2.05, 4.69) is 5.32 Å². The van der Waals surface area contributed by atoms with Gasteiger partial charge in [0.05, 0.1) is 11.8 Å². The largest absolute Gasteiger partial charge is 0.349 e. The maximum absolute atomic E-state index is 14.0. The van der Waals surface area contributed by atoms with Gasteiger partial charge in [-0.05, 0) is 37.0 Å². The second-order valence-electron chi connectivity index (χ2n) is 7.51. The molecule has 2 aromatic rings. The van der Waals surface area contributed by atoms with Crippen LogP contribution in [0, 0.1) is 11.7 Å². The molecule has 3 rings (SSSR count). The van der Waals surface area contributed by atoms with Crippen LogP contribution in [0.15, 0.2) is 48.5 Å². The molecule has 1 amide bonds. The highest BCUT2D eigenvalue weighted by atomic mass is 35.5. The zero-order valence-corrected chi connectivity index (χ0v) is 18.4. The number of rotatable bonds is 7. The Morgan fingerprint density at radius 2 is 1.83 bits per heavy atom. The molecule has 0 saturated carbocycles. The first-order valence-corrected chi connectivity index (χ1v) is 12.1. The fourth-order valence-corrected chi connectivity index (χ4v) is 5.65. The SMILES string of the molecule is CCC(NC(=O)C1CCN(S(=O)(=O)Cc2c(F)cccc2Cl)CC1)c1ccccc1. The van der Waals surface area contributed by atoms with Crippen molar-refractivity contribution in [1.82, 2.24) is 9.62 Å². The van der Waals surface area contributed by atoms with Gasteiger partial charge in [0, 0.05) is 29.6 Å². The van der Waals surface area contributed by atoms with Crippen molar-refractivity contribution < 1.29 is 17.6 Å². The number of halogens is 2. The molecule has 8 heteroatoms. The second-order valence-corrected chi connectivity index (χ2v) is 9.89. The van der Waals surface area contributed by atoms with Crippen molar-refractivity contribution in [2.45, 2.75) is 38.0 Å². The summed E-state index contributed by atoms with van der Waals surface area (Å²) >= 11 is 5.98. The predicted octanol–water partition coefficient (Wildman–Crippen LogP) is 4.29. The van der Waals surface area contributed by atoms with E-state index in [1.54, 1.807) is 0 Å². The van der Waals surface area contributed by atoms with Gasteiger partial charge in [-0.3, -0.25) is 4.79 Å². The van der Waals surface area contributed by atoms with Gasteiger partial charge in [0.2, 0.25) is 15.9 Å². The Morgan fingerprint density at radius 1 is 1.17 bits per heavy atom. The number of nitrogens with one attached hydrogen (secondary N) is 1. The fraction of sp³-hybridized carbons (Fsp3) is 0.409. The molecule has 1 aliphatic rings. The van der Waals surface area contributed by atoms with Crippen LogP contribution in [0.25, 0.3) is 0 Å². The van der Waals surface area contributed by atoms with Crippen LogP contribution in [-0.4, -0.2) is 31.7 Å². The smallest absolute Gasteiger partial charge is 0.223 e.